The molecule has 0 spiro atoms. The highest BCUT2D eigenvalue weighted by molar-refractivity contribution is 5.93. The van der Waals surface area contributed by atoms with Crippen molar-refractivity contribution in [2.45, 2.75) is 33.6 Å². The molecule has 4 nitrogen and oxygen atoms in total. The Morgan fingerprint density at radius 3 is 2.30 bits per heavy atom. The van der Waals surface area contributed by atoms with Crippen LogP contribution in [0.5, 0.6) is 0 Å². The van der Waals surface area contributed by atoms with Gasteiger partial charge in [-0.2, -0.15) is 0 Å². The lowest BCUT2D eigenvalue weighted by molar-refractivity contribution is 0.0767. The second-order valence-electron chi connectivity index (χ2n) is 5.81. The Balaban J connectivity index is 2.15. The van der Waals surface area contributed by atoms with E-state index in [1.165, 1.54) is 5.56 Å². The van der Waals surface area contributed by atoms with Crippen LogP contribution in [-0.4, -0.2) is 28.9 Å². The fourth-order valence-electron chi connectivity index (χ4n) is 2.42. The molecule has 0 aliphatic rings. The van der Waals surface area contributed by atoms with Crippen molar-refractivity contribution in [3.05, 3.63) is 53.9 Å². The summed E-state index contributed by atoms with van der Waals surface area (Å²) in [5.74, 6) is 0.483. The molecule has 1 aromatic carbocycles. The van der Waals surface area contributed by atoms with Crippen LogP contribution in [0.2, 0.25) is 0 Å². The molecule has 0 bridgehead atoms. The maximum atomic E-state index is 12.4. The Bertz CT molecular complexity index is 646. The smallest absolute Gasteiger partial charge is 0.272 e. The Hall–Kier alpha value is -2.36. The fraction of sp³-hybridized carbons (Fsp3) is 0.368. The topological polar surface area (TPSA) is 45.2 Å². The Labute approximate surface area is 138 Å². The highest BCUT2D eigenvalue weighted by Gasteiger charge is 2.14. The van der Waals surface area contributed by atoms with Crippen LogP contribution in [0.3, 0.4) is 0 Å². The van der Waals surface area contributed by atoms with Crippen LogP contribution >= 0.6 is 0 Å². The van der Waals surface area contributed by atoms with E-state index < -0.39 is 0 Å². The number of hydrogen-bond donors (Lipinski definition) is 1. The molecule has 1 aromatic heterocycles. The van der Waals surface area contributed by atoms with E-state index in [9.17, 15) is 4.79 Å². The van der Waals surface area contributed by atoms with Gasteiger partial charge in [-0.25, -0.2) is 0 Å². The highest BCUT2D eigenvalue weighted by Crippen LogP contribution is 2.21. The first kappa shape index (κ1) is 17.0. The van der Waals surface area contributed by atoms with Crippen molar-refractivity contribution in [3.63, 3.8) is 0 Å². The van der Waals surface area contributed by atoms with Gasteiger partial charge in [-0.3, -0.25) is 9.78 Å². The highest BCUT2D eigenvalue weighted by atomic mass is 16.2. The van der Waals surface area contributed by atoms with Crippen LogP contribution in [0.25, 0.3) is 0 Å². The molecule has 0 aliphatic carbocycles. The first-order valence-electron chi connectivity index (χ1n) is 8.17. The third-order valence-electron chi connectivity index (χ3n) is 3.90. The van der Waals surface area contributed by atoms with Crippen LogP contribution < -0.4 is 5.32 Å². The average Bonchev–Trinajstić information content (AvgIpc) is 2.56. The first-order chi connectivity index (χ1) is 11.0. The van der Waals surface area contributed by atoms with Gasteiger partial charge in [-0.05, 0) is 49.6 Å². The first-order valence-corrected chi connectivity index (χ1v) is 8.17. The van der Waals surface area contributed by atoms with E-state index in [4.69, 9.17) is 0 Å². The van der Waals surface area contributed by atoms with Crippen molar-refractivity contribution in [2.24, 2.45) is 0 Å². The number of aromatic nitrogens is 1. The number of benzene rings is 1. The number of carbonyl (C=O) groups is 1. The number of hydrogen-bond acceptors (Lipinski definition) is 3. The normalized spacial score (nSPS) is 10.7. The summed E-state index contributed by atoms with van der Waals surface area (Å²) in [5.41, 5.74) is 3.65. The maximum Gasteiger partial charge on any atom is 0.272 e. The third kappa shape index (κ3) is 4.31. The third-order valence-corrected chi connectivity index (χ3v) is 3.90. The number of nitrogens with one attached hydrogen (secondary N) is 1. The van der Waals surface area contributed by atoms with Gasteiger partial charge in [0.2, 0.25) is 0 Å². The van der Waals surface area contributed by atoms with Crippen molar-refractivity contribution in [1.29, 1.82) is 0 Å². The minimum absolute atomic E-state index is 0.0335. The van der Waals surface area contributed by atoms with Crippen molar-refractivity contribution in [3.8, 4) is 0 Å². The lowest BCUT2D eigenvalue weighted by Crippen LogP contribution is -2.31. The number of nitrogens with zero attached hydrogens (tertiary/aromatic N) is 2. The zero-order valence-corrected chi connectivity index (χ0v) is 14.3. The summed E-state index contributed by atoms with van der Waals surface area (Å²) in [6.45, 7) is 9.67. The van der Waals surface area contributed by atoms with Crippen molar-refractivity contribution in [2.75, 3.05) is 18.4 Å². The molecule has 2 aromatic rings. The van der Waals surface area contributed by atoms with Crippen LogP contribution in [0.1, 0.15) is 49.7 Å². The molecule has 1 heterocycles. The largest absolute Gasteiger partial charge is 0.355 e. The van der Waals surface area contributed by atoms with Gasteiger partial charge in [0.1, 0.15) is 5.69 Å². The number of anilines is 2. The molecular formula is C19H25N3O. The molecule has 2 rings (SSSR count). The molecule has 0 atom stereocenters. The Kier molecular flexibility index (Phi) is 5.74. The molecular weight excluding hydrogens is 286 g/mol. The maximum absolute atomic E-state index is 12.4. The molecule has 0 saturated carbocycles. The molecule has 0 unspecified atom stereocenters. The van der Waals surface area contributed by atoms with Gasteiger partial charge in [-0.1, -0.05) is 26.0 Å². The summed E-state index contributed by atoms with van der Waals surface area (Å²) in [7, 11) is 0. The molecule has 122 valence electrons. The van der Waals surface area contributed by atoms with Gasteiger partial charge < -0.3 is 10.2 Å². The van der Waals surface area contributed by atoms with E-state index in [1.54, 1.807) is 17.2 Å². The molecule has 0 saturated heterocycles. The summed E-state index contributed by atoms with van der Waals surface area (Å²) < 4.78 is 0. The van der Waals surface area contributed by atoms with Gasteiger partial charge in [-0.15, -0.1) is 0 Å². The van der Waals surface area contributed by atoms with E-state index in [1.807, 2.05) is 19.9 Å². The molecule has 0 aliphatic heterocycles. The number of pyridine rings is 1. The molecule has 23 heavy (non-hydrogen) atoms. The van der Waals surface area contributed by atoms with Gasteiger partial charge in [0.05, 0.1) is 0 Å². The summed E-state index contributed by atoms with van der Waals surface area (Å²) in [5, 5.41) is 3.33. The lowest BCUT2D eigenvalue weighted by Gasteiger charge is -2.18. The van der Waals surface area contributed by atoms with Crippen molar-refractivity contribution < 1.29 is 4.79 Å². The molecule has 0 radical (unpaired) electrons. The van der Waals surface area contributed by atoms with E-state index in [2.05, 4.69) is 48.4 Å². The lowest BCUT2D eigenvalue weighted by atomic mass is 10.0. The summed E-state index contributed by atoms with van der Waals surface area (Å²) in [6.07, 6.45) is 1.67. The van der Waals surface area contributed by atoms with Gasteiger partial charge >= 0.3 is 0 Å². The van der Waals surface area contributed by atoms with E-state index >= 15 is 0 Å². The van der Waals surface area contributed by atoms with Crippen molar-refractivity contribution in [1.82, 2.24) is 9.88 Å². The monoisotopic (exact) mass is 311 g/mol. The van der Waals surface area contributed by atoms with E-state index in [0.717, 1.165) is 11.4 Å². The van der Waals surface area contributed by atoms with Gasteiger partial charge in [0, 0.05) is 30.7 Å². The summed E-state index contributed by atoms with van der Waals surface area (Å²) in [6, 6.07) is 12.0. The molecule has 1 amide bonds. The minimum Gasteiger partial charge on any atom is -0.355 e. The number of rotatable bonds is 6. The molecule has 0 fully saturated rings. The Morgan fingerprint density at radius 2 is 1.74 bits per heavy atom. The predicted molar refractivity (Wildman–Crippen MR) is 95.3 cm³/mol. The number of carbonyl (C=O) groups excluding carboxylic acids is 1. The Morgan fingerprint density at radius 1 is 1.09 bits per heavy atom. The summed E-state index contributed by atoms with van der Waals surface area (Å²) in [4.78, 5) is 18.3. The van der Waals surface area contributed by atoms with Crippen LogP contribution in [0.15, 0.2) is 42.6 Å². The SMILES string of the molecule is CCN(CC)C(=O)c1cc(Nc2ccc(C(C)C)cc2)ccn1. The number of amides is 1. The van der Waals surface area contributed by atoms with Crippen LogP contribution in [0.4, 0.5) is 11.4 Å². The van der Waals surface area contributed by atoms with Gasteiger partial charge in [0.15, 0.2) is 0 Å². The predicted octanol–water partition coefficient (Wildman–Crippen LogP) is 4.43. The summed E-state index contributed by atoms with van der Waals surface area (Å²) >= 11 is 0. The second-order valence-corrected chi connectivity index (χ2v) is 5.81. The zero-order valence-electron chi connectivity index (χ0n) is 14.3. The second kappa shape index (κ2) is 7.77. The average molecular weight is 311 g/mol. The zero-order chi connectivity index (χ0) is 16.8. The van der Waals surface area contributed by atoms with Crippen LogP contribution in [0, 0.1) is 0 Å². The standard InChI is InChI=1S/C19H25N3O/c1-5-22(6-2)19(23)18-13-17(11-12-20-18)21-16-9-7-15(8-10-16)14(3)4/h7-14H,5-6H2,1-4H3,(H,20,21). The van der Waals surface area contributed by atoms with Crippen molar-refractivity contribution >= 4 is 17.3 Å². The van der Waals surface area contributed by atoms with Crippen LogP contribution in [-0.2, 0) is 0 Å². The van der Waals surface area contributed by atoms with E-state index in [-0.39, 0.29) is 5.91 Å². The molecule has 1 N–H and O–H groups in total. The van der Waals surface area contributed by atoms with E-state index in [0.29, 0.717) is 24.7 Å². The fourth-order valence-corrected chi connectivity index (χ4v) is 2.42. The van der Waals surface area contributed by atoms with Gasteiger partial charge in [0.25, 0.3) is 5.91 Å². The molecule has 4 heteroatoms. The minimum atomic E-state index is -0.0335. The quantitative estimate of drug-likeness (QED) is 0.858.